The van der Waals surface area contributed by atoms with Crippen molar-refractivity contribution in [3.8, 4) is 6.07 Å². The number of benzene rings is 1. The maximum absolute atomic E-state index is 12.5. The van der Waals surface area contributed by atoms with Crippen LogP contribution in [0.3, 0.4) is 0 Å². The van der Waals surface area contributed by atoms with Crippen LogP contribution in [0.5, 0.6) is 0 Å². The van der Waals surface area contributed by atoms with E-state index in [4.69, 9.17) is 4.74 Å². The van der Waals surface area contributed by atoms with Gasteiger partial charge in [0.05, 0.1) is 31.3 Å². The second-order valence-electron chi connectivity index (χ2n) is 13.0. The molecule has 1 amide bonds. The molecule has 40 heavy (non-hydrogen) atoms. The van der Waals surface area contributed by atoms with Gasteiger partial charge in [-0.15, -0.1) is 0 Å². The Balaban J connectivity index is 1.20. The average molecular weight is 547 g/mol. The zero-order valence-corrected chi connectivity index (χ0v) is 24.1. The standard InChI is InChI=1S/C32H46N6O2/c1-3-29(39)38-18-17-37(21-25(38)12-15-33)30-27-11-14-32(13-10-23-7-4-5-8-24(23)19-32)20-28(27)34-31(35-30)40-22-26-9-6-16-36(26)2/h3-5,7-8,25-28,30-31,34-35H,1,6,9-14,16-22H2,2H3/t25?,26?,27?,28?,30?,31?,32-/m1/s1. The summed E-state index contributed by atoms with van der Waals surface area (Å²) in [5.41, 5.74) is 3.42. The van der Waals surface area contributed by atoms with Crippen LogP contribution in [0.15, 0.2) is 36.9 Å². The number of hydrogen-bond donors (Lipinski definition) is 2. The van der Waals surface area contributed by atoms with Crippen molar-refractivity contribution >= 4 is 5.91 Å². The summed E-state index contributed by atoms with van der Waals surface area (Å²) in [6.45, 7) is 7.67. The molecule has 3 saturated heterocycles. The minimum Gasteiger partial charge on any atom is -0.348 e. The Morgan fingerprint density at radius 1 is 1.18 bits per heavy atom. The molecule has 2 aliphatic carbocycles. The van der Waals surface area contributed by atoms with E-state index in [1.54, 1.807) is 0 Å². The van der Waals surface area contributed by atoms with Gasteiger partial charge in [0, 0.05) is 37.6 Å². The monoisotopic (exact) mass is 546 g/mol. The van der Waals surface area contributed by atoms with Gasteiger partial charge in [0.15, 0.2) is 6.35 Å². The number of fused-ring (bicyclic) bond motifs is 2. The number of likely N-dealkylation sites (tertiary alicyclic amines) is 1. The van der Waals surface area contributed by atoms with Crippen LogP contribution in [-0.4, -0.2) is 91.1 Å². The van der Waals surface area contributed by atoms with Gasteiger partial charge in [0.1, 0.15) is 0 Å². The molecule has 8 nitrogen and oxygen atoms in total. The summed E-state index contributed by atoms with van der Waals surface area (Å²) in [7, 11) is 2.20. The van der Waals surface area contributed by atoms with Crippen molar-refractivity contribution in [2.75, 3.05) is 39.8 Å². The van der Waals surface area contributed by atoms with E-state index >= 15 is 0 Å². The molecule has 216 valence electrons. The number of piperazine rings is 1. The van der Waals surface area contributed by atoms with Crippen LogP contribution < -0.4 is 10.6 Å². The lowest BCUT2D eigenvalue weighted by Gasteiger charge is -2.56. The second kappa shape index (κ2) is 11.9. The zero-order valence-electron chi connectivity index (χ0n) is 24.1. The number of ether oxygens (including phenoxy) is 1. The van der Waals surface area contributed by atoms with Crippen LogP contribution in [0.1, 0.15) is 56.1 Å². The number of nitriles is 1. The summed E-state index contributed by atoms with van der Waals surface area (Å²) in [5.74, 6) is 0.385. The lowest BCUT2D eigenvalue weighted by Crippen LogP contribution is -2.72. The van der Waals surface area contributed by atoms with Gasteiger partial charge >= 0.3 is 0 Å². The first-order chi connectivity index (χ1) is 19.5. The summed E-state index contributed by atoms with van der Waals surface area (Å²) >= 11 is 0. The highest BCUT2D eigenvalue weighted by Crippen LogP contribution is 2.49. The van der Waals surface area contributed by atoms with E-state index in [0.717, 1.165) is 19.7 Å². The van der Waals surface area contributed by atoms with Crippen molar-refractivity contribution in [1.82, 2.24) is 25.3 Å². The fraction of sp³-hybridized carbons (Fsp3) is 0.688. The third kappa shape index (κ3) is 5.60. The maximum Gasteiger partial charge on any atom is 0.246 e. The summed E-state index contributed by atoms with van der Waals surface area (Å²) in [6.07, 6.45) is 11.3. The Bertz CT molecular complexity index is 1120. The molecule has 0 bridgehead atoms. The molecule has 1 saturated carbocycles. The van der Waals surface area contributed by atoms with E-state index < -0.39 is 0 Å². The van der Waals surface area contributed by atoms with E-state index in [-0.39, 0.29) is 24.5 Å². The molecule has 3 aliphatic heterocycles. The molecule has 0 radical (unpaired) electrons. The maximum atomic E-state index is 12.5. The number of carbonyl (C=O) groups is 1. The van der Waals surface area contributed by atoms with Crippen molar-refractivity contribution in [2.24, 2.45) is 11.3 Å². The number of likely N-dealkylation sites (N-methyl/N-ethyl adjacent to an activating group) is 1. The summed E-state index contributed by atoms with van der Waals surface area (Å²) < 4.78 is 6.57. The Labute approximate surface area is 239 Å². The molecule has 6 unspecified atom stereocenters. The highest BCUT2D eigenvalue weighted by molar-refractivity contribution is 5.87. The normalized spacial score (nSPS) is 36.5. The van der Waals surface area contributed by atoms with Crippen LogP contribution >= 0.6 is 0 Å². The molecule has 6 rings (SSSR count). The topological polar surface area (TPSA) is 83.9 Å². The van der Waals surface area contributed by atoms with Gasteiger partial charge in [0.2, 0.25) is 5.91 Å². The quantitative estimate of drug-likeness (QED) is 0.531. The minimum absolute atomic E-state index is 0.0740. The van der Waals surface area contributed by atoms with Crippen LogP contribution in [0.4, 0.5) is 0 Å². The highest BCUT2D eigenvalue weighted by atomic mass is 16.5. The van der Waals surface area contributed by atoms with Crippen molar-refractivity contribution in [2.45, 2.75) is 88.4 Å². The van der Waals surface area contributed by atoms with E-state index in [0.29, 0.717) is 42.9 Å². The van der Waals surface area contributed by atoms with E-state index in [9.17, 15) is 10.1 Å². The van der Waals surface area contributed by atoms with E-state index in [1.165, 1.54) is 68.6 Å². The van der Waals surface area contributed by atoms with Crippen LogP contribution in [0, 0.1) is 22.7 Å². The molecule has 4 fully saturated rings. The molecule has 3 heterocycles. The summed E-state index contributed by atoms with van der Waals surface area (Å²) in [5, 5.41) is 17.3. The molecule has 7 atom stereocenters. The molecular weight excluding hydrogens is 500 g/mol. The summed E-state index contributed by atoms with van der Waals surface area (Å²) in [4.78, 5) is 19.3. The number of carbonyl (C=O) groups excluding carboxylic acids is 1. The Morgan fingerprint density at radius 3 is 2.80 bits per heavy atom. The molecular formula is C32H46N6O2. The summed E-state index contributed by atoms with van der Waals surface area (Å²) in [6, 6.07) is 12.1. The molecule has 1 aromatic carbocycles. The lowest BCUT2D eigenvalue weighted by atomic mass is 9.59. The first-order valence-electron chi connectivity index (χ1n) is 15.4. The zero-order chi connectivity index (χ0) is 27.7. The first-order valence-corrected chi connectivity index (χ1v) is 15.4. The van der Waals surface area contributed by atoms with E-state index in [2.05, 4.69) is 64.4 Å². The Morgan fingerprint density at radius 2 is 2.02 bits per heavy atom. The first kappa shape index (κ1) is 27.9. The number of nitrogens with one attached hydrogen (secondary N) is 2. The van der Waals surface area contributed by atoms with Gasteiger partial charge in [-0.1, -0.05) is 30.8 Å². The van der Waals surface area contributed by atoms with Gasteiger partial charge in [-0.2, -0.15) is 5.26 Å². The molecule has 1 aromatic rings. The van der Waals surface area contributed by atoms with Crippen LogP contribution in [0.25, 0.3) is 0 Å². The van der Waals surface area contributed by atoms with Crippen LogP contribution in [0.2, 0.25) is 0 Å². The Kier molecular flexibility index (Phi) is 8.30. The molecule has 5 aliphatic rings. The SMILES string of the molecule is C=CC(=O)N1CCN(C2NC(OCC3CCCN3C)NC3C[C@]4(CCc5ccccc5C4)CCC32)CC1CC#N. The average Bonchev–Trinajstić information content (AvgIpc) is 3.39. The fourth-order valence-corrected chi connectivity index (χ4v) is 8.42. The van der Waals surface area contributed by atoms with Crippen LogP contribution in [-0.2, 0) is 22.4 Å². The fourth-order valence-electron chi connectivity index (χ4n) is 8.42. The number of rotatable bonds is 6. The predicted octanol–water partition coefficient (Wildman–Crippen LogP) is 2.86. The third-order valence-corrected chi connectivity index (χ3v) is 10.7. The van der Waals surface area contributed by atoms with Crippen molar-refractivity contribution in [1.29, 1.82) is 5.26 Å². The minimum atomic E-state index is -0.200. The number of amides is 1. The number of nitrogens with zero attached hydrogens (tertiary/aromatic N) is 4. The van der Waals surface area contributed by atoms with Gasteiger partial charge in [-0.05, 0) is 87.6 Å². The van der Waals surface area contributed by atoms with Gasteiger partial charge in [-0.25, -0.2) is 0 Å². The Hall–Kier alpha value is -2.28. The molecule has 2 N–H and O–H groups in total. The van der Waals surface area contributed by atoms with Gasteiger partial charge in [-0.3, -0.25) is 20.3 Å². The lowest BCUT2D eigenvalue weighted by molar-refractivity contribution is -0.137. The predicted molar refractivity (Wildman–Crippen MR) is 155 cm³/mol. The number of aryl methyl sites for hydroxylation is 1. The highest BCUT2D eigenvalue weighted by Gasteiger charge is 2.50. The second-order valence-corrected chi connectivity index (χ2v) is 13.0. The van der Waals surface area contributed by atoms with Crippen molar-refractivity contribution in [3.63, 3.8) is 0 Å². The van der Waals surface area contributed by atoms with Gasteiger partial charge < -0.3 is 14.5 Å². The molecule has 8 heteroatoms. The smallest absolute Gasteiger partial charge is 0.246 e. The molecule has 1 spiro atoms. The van der Waals surface area contributed by atoms with E-state index in [1.807, 2.05) is 4.90 Å². The van der Waals surface area contributed by atoms with Crippen molar-refractivity contribution in [3.05, 3.63) is 48.0 Å². The van der Waals surface area contributed by atoms with Gasteiger partial charge in [0.25, 0.3) is 0 Å². The third-order valence-electron chi connectivity index (χ3n) is 10.7. The number of hydrogen-bond acceptors (Lipinski definition) is 7. The largest absolute Gasteiger partial charge is 0.348 e. The van der Waals surface area contributed by atoms with Crippen molar-refractivity contribution < 1.29 is 9.53 Å². The molecule has 0 aromatic heterocycles.